The van der Waals surface area contributed by atoms with Crippen molar-refractivity contribution in [2.24, 2.45) is 0 Å². The molecule has 0 radical (unpaired) electrons. The summed E-state index contributed by atoms with van der Waals surface area (Å²) in [4.78, 5) is 11.0. The molecule has 0 saturated carbocycles. The zero-order valence-corrected chi connectivity index (χ0v) is 8.46. The third kappa shape index (κ3) is 2.11. The number of benzene rings is 1. The van der Waals surface area contributed by atoms with Crippen LogP contribution in [-0.4, -0.2) is 18.5 Å². The normalized spacial score (nSPS) is 19.0. The minimum atomic E-state index is -0.442. The van der Waals surface area contributed by atoms with Crippen LogP contribution in [0.2, 0.25) is 0 Å². The molecule has 1 unspecified atom stereocenters. The van der Waals surface area contributed by atoms with Crippen molar-refractivity contribution in [2.45, 2.75) is 12.5 Å². The molecule has 4 nitrogen and oxygen atoms in total. The first-order valence-electron chi connectivity index (χ1n) is 4.92. The van der Waals surface area contributed by atoms with Crippen molar-refractivity contribution in [1.29, 1.82) is 5.26 Å². The van der Waals surface area contributed by atoms with Crippen molar-refractivity contribution < 1.29 is 9.18 Å². The number of hydrogen-bond donors (Lipinski definition) is 2. The third-order valence-corrected chi connectivity index (χ3v) is 2.44. The maximum absolute atomic E-state index is 12.9. The number of carbonyl (C=O) groups excluding carboxylic acids is 1. The van der Waals surface area contributed by atoms with Gasteiger partial charge in [-0.2, -0.15) is 5.26 Å². The predicted octanol–water partition coefficient (Wildman–Crippen LogP) is 0.998. The van der Waals surface area contributed by atoms with Crippen molar-refractivity contribution in [1.82, 2.24) is 5.32 Å². The molecule has 0 spiro atoms. The number of anilines is 1. The van der Waals surface area contributed by atoms with Crippen LogP contribution in [0.4, 0.5) is 10.1 Å². The maximum atomic E-state index is 12.9. The lowest BCUT2D eigenvalue weighted by molar-refractivity contribution is -0.119. The number of rotatable bonds is 2. The van der Waals surface area contributed by atoms with Crippen LogP contribution in [0.5, 0.6) is 0 Å². The van der Waals surface area contributed by atoms with Gasteiger partial charge < -0.3 is 10.6 Å². The standard InChI is InChI=1S/C11H10FN3O/c12-8-1-2-10(7(3-8)5-13)15-9-4-11(16)14-6-9/h1-3,9,15H,4,6H2,(H,14,16). The first kappa shape index (κ1) is 10.4. The van der Waals surface area contributed by atoms with Crippen LogP contribution in [0.15, 0.2) is 18.2 Å². The first-order chi connectivity index (χ1) is 7.69. The number of nitrogens with one attached hydrogen (secondary N) is 2. The molecule has 1 aromatic carbocycles. The molecule has 5 heteroatoms. The number of halogens is 1. The topological polar surface area (TPSA) is 64.9 Å². The molecule has 1 aromatic rings. The Balaban J connectivity index is 2.15. The molecule has 1 aliphatic rings. The minimum Gasteiger partial charge on any atom is -0.379 e. The highest BCUT2D eigenvalue weighted by Gasteiger charge is 2.21. The van der Waals surface area contributed by atoms with Gasteiger partial charge in [0.25, 0.3) is 0 Å². The zero-order chi connectivity index (χ0) is 11.5. The van der Waals surface area contributed by atoms with Crippen LogP contribution in [0.3, 0.4) is 0 Å². The lowest BCUT2D eigenvalue weighted by atomic mass is 10.1. The molecule has 16 heavy (non-hydrogen) atoms. The summed E-state index contributed by atoms with van der Waals surface area (Å²) in [5.74, 6) is -0.458. The summed E-state index contributed by atoms with van der Waals surface area (Å²) in [6.07, 6.45) is 0.377. The summed E-state index contributed by atoms with van der Waals surface area (Å²) in [6, 6.07) is 5.85. The van der Waals surface area contributed by atoms with Crippen molar-refractivity contribution in [3.05, 3.63) is 29.6 Å². The summed E-state index contributed by atoms with van der Waals surface area (Å²) in [5, 5.41) is 14.6. The van der Waals surface area contributed by atoms with Crippen LogP contribution in [0.1, 0.15) is 12.0 Å². The Morgan fingerprint density at radius 3 is 3.00 bits per heavy atom. The highest BCUT2D eigenvalue weighted by Crippen LogP contribution is 2.18. The summed E-state index contributed by atoms with van der Waals surface area (Å²) >= 11 is 0. The van der Waals surface area contributed by atoms with E-state index in [9.17, 15) is 9.18 Å². The third-order valence-electron chi connectivity index (χ3n) is 2.44. The Morgan fingerprint density at radius 2 is 2.38 bits per heavy atom. The Bertz CT molecular complexity index is 467. The van der Waals surface area contributed by atoms with Gasteiger partial charge in [-0.25, -0.2) is 4.39 Å². The van der Waals surface area contributed by atoms with Gasteiger partial charge in [-0.3, -0.25) is 4.79 Å². The second-order valence-electron chi connectivity index (χ2n) is 3.65. The van der Waals surface area contributed by atoms with Gasteiger partial charge in [0.15, 0.2) is 0 Å². The number of carbonyl (C=O) groups is 1. The fourth-order valence-electron chi connectivity index (χ4n) is 1.66. The Morgan fingerprint density at radius 1 is 1.56 bits per heavy atom. The van der Waals surface area contributed by atoms with Gasteiger partial charge in [0.1, 0.15) is 11.9 Å². The van der Waals surface area contributed by atoms with E-state index in [1.165, 1.54) is 18.2 Å². The van der Waals surface area contributed by atoms with Gasteiger partial charge in [-0.1, -0.05) is 0 Å². The molecule has 1 fully saturated rings. The Labute approximate surface area is 92.1 Å². The van der Waals surface area contributed by atoms with Gasteiger partial charge in [-0.05, 0) is 18.2 Å². The monoisotopic (exact) mass is 219 g/mol. The van der Waals surface area contributed by atoms with Crippen LogP contribution in [0.25, 0.3) is 0 Å². The van der Waals surface area contributed by atoms with Crippen LogP contribution in [0, 0.1) is 17.1 Å². The maximum Gasteiger partial charge on any atom is 0.222 e. The number of nitriles is 1. The molecule has 0 aliphatic carbocycles. The quantitative estimate of drug-likeness (QED) is 0.779. The fourth-order valence-corrected chi connectivity index (χ4v) is 1.66. The SMILES string of the molecule is N#Cc1cc(F)ccc1NC1CNC(=O)C1. The largest absolute Gasteiger partial charge is 0.379 e. The zero-order valence-electron chi connectivity index (χ0n) is 8.46. The lowest BCUT2D eigenvalue weighted by Gasteiger charge is -2.13. The molecule has 2 rings (SSSR count). The van der Waals surface area contributed by atoms with Crippen molar-refractivity contribution in [2.75, 3.05) is 11.9 Å². The van der Waals surface area contributed by atoms with Crippen molar-refractivity contribution >= 4 is 11.6 Å². The average Bonchev–Trinajstić information content (AvgIpc) is 2.67. The van der Waals surface area contributed by atoms with E-state index in [4.69, 9.17) is 5.26 Å². The highest BCUT2D eigenvalue weighted by molar-refractivity contribution is 5.79. The molecule has 1 heterocycles. The van der Waals surface area contributed by atoms with Crippen LogP contribution in [-0.2, 0) is 4.79 Å². The summed E-state index contributed by atoms with van der Waals surface area (Å²) in [7, 11) is 0. The van der Waals surface area contributed by atoms with Gasteiger partial charge in [0.2, 0.25) is 5.91 Å². The molecule has 2 N–H and O–H groups in total. The fraction of sp³-hybridized carbons (Fsp3) is 0.273. The van der Waals surface area contributed by atoms with E-state index >= 15 is 0 Å². The second-order valence-corrected chi connectivity index (χ2v) is 3.65. The van der Waals surface area contributed by atoms with E-state index in [2.05, 4.69) is 10.6 Å². The van der Waals surface area contributed by atoms with E-state index in [1.54, 1.807) is 0 Å². The number of hydrogen-bond acceptors (Lipinski definition) is 3. The van der Waals surface area contributed by atoms with Gasteiger partial charge >= 0.3 is 0 Å². The van der Waals surface area contributed by atoms with Crippen LogP contribution >= 0.6 is 0 Å². The first-order valence-corrected chi connectivity index (χ1v) is 4.92. The molecular weight excluding hydrogens is 209 g/mol. The van der Waals surface area contributed by atoms with Gasteiger partial charge in [0.05, 0.1) is 17.3 Å². The Kier molecular flexibility index (Phi) is 2.73. The molecular formula is C11H10FN3O. The van der Waals surface area contributed by atoms with Crippen LogP contribution < -0.4 is 10.6 Å². The summed E-state index contributed by atoms with van der Waals surface area (Å²) in [5.41, 5.74) is 0.810. The van der Waals surface area contributed by atoms with Gasteiger partial charge in [-0.15, -0.1) is 0 Å². The second kappa shape index (κ2) is 4.19. The van der Waals surface area contributed by atoms with Crippen molar-refractivity contribution in [3.8, 4) is 6.07 Å². The molecule has 1 aliphatic heterocycles. The van der Waals surface area contributed by atoms with E-state index in [0.29, 0.717) is 18.7 Å². The molecule has 1 amide bonds. The number of nitrogens with zero attached hydrogens (tertiary/aromatic N) is 1. The molecule has 1 saturated heterocycles. The molecule has 0 bridgehead atoms. The van der Waals surface area contributed by atoms with Crippen molar-refractivity contribution in [3.63, 3.8) is 0 Å². The average molecular weight is 219 g/mol. The lowest BCUT2D eigenvalue weighted by Crippen LogP contribution is -2.22. The van der Waals surface area contributed by atoms with E-state index in [-0.39, 0.29) is 17.5 Å². The Hall–Kier alpha value is -2.09. The van der Waals surface area contributed by atoms with E-state index in [0.717, 1.165) is 0 Å². The smallest absolute Gasteiger partial charge is 0.222 e. The number of amides is 1. The molecule has 0 aromatic heterocycles. The van der Waals surface area contributed by atoms with E-state index in [1.807, 2.05) is 6.07 Å². The summed E-state index contributed by atoms with van der Waals surface area (Å²) in [6.45, 7) is 0.529. The summed E-state index contributed by atoms with van der Waals surface area (Å²) < 4.78 is 12.9. The van der Waals surface area contributed by atoms with E-state index < -0.39 is 5.82 Å². The van der Waals surface area contributed by atoms with Gasteiger partial charge in [0, 0.05) is 13.0 Å². The minimum absolute atomic E-state index is 0.0156. The molecule has 82 valence electrons. The molecule has 1 atom stereocenters. The highest BCUT2D eigenvalue weighted by atomic mass is 19.1. The predicted molar refractivity (Wildman–Crippen MR) is 56.2 cm³/mol.